The molecule has 88 valence electrons. The molecule has 1 unspecified atom stereocenters. The van der Waals surface area contributed by atoms with E-state index in [4.69, 9.17) is 5.73 Å². The fourth-order valence-corrected chi connectivity index (χ4v) is 1.90. The van der Waals surface area contributed by atoms with Gasteiger partial charge in [0.25, 0.3) is 0 Å². The Hall–Kier alpha value is -1.12. The lowest BCUT2D eigenvalue weighted by atomic mass is 9.96. The van der Waals surface area contributed by atoms with Crippen LogP contribution in [0.25, 0.3) is 0 Å². The van der Waals surface area contributed by atoms with Gasteiger partial charge in [-0.15, -0.1) is 6.58 Å². The van der Waals surface area contributed by atoms with Crippen LogP contribution in [0.2, 0.25) is 0 Å². The van der Waals surface area contributed by atoms with Crippen LogP contribution >= 0.6 is 0 Å². The molecule has 0 radical (unpaired) electrons. The van der Waals surface area contributed by atoms with Crippen molar-refractivity contribution in [3.05, 3.63) is 47.0 Å². The van der Waals surface area contributed by atoms with Crippen molar-refractivity contribution in [1.82, 2.24) is 5.32 Å². The van der Waals surface area contributed by atoms with Crippen molar-refractivity contribution in [3.63, 3.8) is 0 Å². The summed E-state index contributed by atoms with van der Waals surface area (Å²) in [6, 6.07) is 4.68. The van der Waals surface area contributed by atoms with Gasteiger partial charge >= 0.3 is 0 Å². The van der Waals surface area contributed by atoms with Gasteiger partial charge in [0.15, 0.2) is 0 Å². The average molecular weight is 218 g/mol. The molecule has 0 fully saturated rings. The molecule has 16 heavy (non-hydrogen) atoms. The van der Waals surface area contributed by atoms with Crippen LogP contribution < -0.4 is 11.1 Å². The third-order valence-corrected chi connectivity index (χ3v) is 3.00. The van der Waals surface area contributed by atoms with Crippen LogP contribution in [0, 0.1) is 20.8 Å². The lowest BCUT2D eigenvalue weighted by Crippen LogP contribution is -2.29. The molecule has 0 amide bonds. The first-order valence-electron chi connectivity index (χ1n) is 5.72. The normalized spacial score (nSPS) is 12.5. The van der Waals surface area contributed by atoms with Gasteiger partial charge in [-0.05, 0) is 43.0 Å². The molecule has 0 saturated heterocycles. The van der Waals surface area contributed by atoms with Crippen LogP contribution in [0.5, 0.6) is 0 Å². The summed E-state index contributed by atoms with van der Waals surface area (Å²) in [4.78, 5) is 0. The minimum absolute atomic E-state index is 0.220. The first-order valence-corrected chi connectivity index (χ1v) is 5.72. The highest BCUT2D eigenvalue weighted by Crippen LogP contribution is 2.21. The summed E-state index contributed by atoms with van der Waals surface area (Å²) in [5.41, 5.74) is 11.1. The maximum absolute atomic E-state index is 5.81. The Labute approximate surface area is 98.6 Å². The first kappa shape index (κ1) is 12.9. The second-order valence-corrected chi connectivity index (χ2v) is 4.28. The third kappa shape index (κ3) is 2.94. The highest BCUT2D eigenvalue weighted by molar-refractivity contribution is 5.38. The van der Waals surface area contributed by atoms with E-state index in [1.165, 1.54) is 22.3 Å². The Morgan fingerprint density at radius 2 is 1.88 bits per heavy atom. The smallest absolute Gasteiger partial charge is 0.0449 e. The lowest BCUT2D eigenvalue weighted by Gasteiger charge is -2.20. The van der Waals surface area contributed by atoms with Crippen LogP contribution in [-0.4, -0.2) is 13.1 Å². The second kappa shape index (κ2) is 5.83. The van der Waals surface area contributed by atoms with Crippen molar-refractivity contribution in [2.45, 2.75) is 26.8 Å². The molecule has 3 N–H and O–H groups in total. The van der Waals surface area contributed by atoms with Crippen LogP contribution in [-0.2, 0) is 0 Å². The van der Waals surface area contributed by atoms with Gasteiger partial charge in [0.2, 0.25) is 0 Å². The largest absolute Gasteiger partial charge is 0.329 e. The summed E-state index contributed by atoms with van der Waals surface area (Å²) in [6.07, 6.45) is 1.86. The molecule has 1 aromatic carbocycles. The summed E-state index contributed by atoms with van der Waals surface area (Å²) >= 11 is 0. The topological polar surface area (TPSA) is 38.0 Å². The molecule has 0 heterocycles. The van der Waals surface area contributed by atoms with E-state index in [0.717, 1.165) is 6.54 Å². The summed E-state index contributed by atoms with van der Waals surface area (Å²) in [7, 11) is 0. The minimum Gasteiger partial charge on any atom is -0.329 e. The number of hydrogen-bond donors (Lipinski definition) is 2. The highest BCUT2D eigenvalue weighted by Gasteiger charge is 2.11. The zero-order chi connectivity index (χ0) is 12.1. The van der Waals surface area contributed by atoms with Gasteiger partial charge in [-0.3, -0.25) is 0 Å². The van der Waals surface area contributed by atoms with E-state index in [2.05, 4.69) is 44.8 Å². The van der Waals surface area contributed by atoms with Gasteiger partial charge in [0.05, 0.1) is 0 Å². The predicted octanol–water partition coefficient (Wildman–Crippen LogP) is 2.39. The maximum Gasteiger partial charge on any atom is 0.0449 e. The fourth-order valence-electron chi connectivity index (χ4n) is 1.90. The molecule has 0 aliphatic rings. The van der Waals surface area contributed by atoms with Crippen LogP contribution in [0.1, 0.15) is 28.3 Å². The molecule has 0 bridgehead atoms. The Kier molecular flexibility index (Phi) is 4.71. The number of rotatable bonds is 5. The Morgan fingerprint density at radius 1 is 1.25 bits per heavy atom. The SMILES string of the molecule is C=CCNC(CN)c1cc(C)c(C)cc1C. The van der Waals surface area contributed by atoms with E-state index >= 15 is 0 Å². The molecule has 0 aromatic heterocycles. The number of hydrogen-bond acceptors (Lipinski definition) is 2. The van der Waals surface area contributed by atoms with Crippen molar-refractivity contribution in [1.29, 1.82) is 0 Å². The predicted molar refractivity (Wildman–Crippen MR) is 70.6 cm³/mol. The van der Waals surface area contributed by atoms with E-state index in [0.29, 0.717) is 6.54 Å². The molecular weight excluding hydrogens is 196 g/mol. The average Bonchev–Trinajstić information content (AvgIpc) is 2.26. The number of nitrogens with one attached hydrogen (secondary N) is 1. The minimum atomic E-state index is 0.220. The molecule has 0 spiro atoms. The molecule has 1 atom stereocenters. The van der Waals surface area contributed by atoms with Crippen molar-refractivity contribution >= 4 is 0 Å². The molecule has 1 aromatic rings. The molecule has 0 saturated carbocycles. The molecule has 2 nitrogen and oxygen atoms in total. The molecule has 1 rings (SSSR count). The van der Waals surface area contributed by atoms with Crippen LogP contribution in [0.15, 0.2) is 24.8 Å². The summed E-state index contributed by atoms with van der Waals surface area (Å²) < 4.78 is 0. The molecule has 0 aliphatic carbocycles. The Balaban J connectivity index is 2.99. The van der Waals surface area contributed by atoms with Gasteiger partial charge in [-0.25, -0.2) is 0 Å². The van der Waals surface area contributed by atoms with E-state index in [1.807, 2.05) is 6.08 Å². The Morgan fingerprint density at radius 3 is 2.44 bits per heavy atom. The number of benzene rings is 1. The molecule has 0 aliphatic heterocycles. The lowest BCUT2D eigenvalue weighted by molar-refractivity contribution is 0.574. The molecular formula is C14H22N2. The maximum atomic E-state index is 5.81. The summed E-state index contributed by atoms with van der Waals surface area (Å²) in [5, 5.41) is 3.38. The Bertz CT molecular complexity index is 369. The first-order chi connectivity index (χ1) is 7.60. The quantitative estimate of drug-likeness (QED) is 0.745. The fraction of sp³-hybridized carbons (Fsp3) is 0.429. The highest BCUT2D eigenvalue weighted by atomic mass is 14.9. The third-order valence-electron chi connectivity index (χ3n) is 3.00. The second-order valence-electron chi connectivity index (χ2n) is 4.28. The molecule has 2 heteroatoms. The van der Waals surface area contributed by atoms with E-state index in [9.17, 15) is 0 Å². The van der Waals surface area contributed by atoms with Gasteiger partial charge in [0, 0.05) is 19.1 Å². The van der Waals surface area contributed by atoms with Gasteiger partial charge in [-0.2, -0.15) is 0 Å². The van der Waals surface area contributed by atoms with Gasteiger partial charge in [0.1, 0.15) is 0 Å². The number of nitrogens with two attached hydrogens (primary N) is 1. The van der Waals surface area contributed by atoms with Crippen LogP contribution in [0.3, 0.4) is 0 Å². The van der Waals surface area contributed by atoms with Crippen molar-refractivity contribution in [2.75, 3.05) is 13.1 Å². The zero-order valence-electron chi connectivity index (χ0n) is 10.5. The van der Waals surface area contributed by atoms with E-state index in [1.54, 1.807) is 0 Å². The summed E-state index contributed by atoms with van der Waals surface area (Å²) in [5.74, 6) is 0. The van der Waals surface area contributed by atoms with Gasteiger partial charge < -0.3 is 11.1 Å². The van der Waals surface area contributed by atoms with Gasteiger partial charge in [-0.1, -0.05) is 18.2 Å². The number of aryl methyl sites for hydroxylation is 3. The van der Waals surface area contributed by atoms with E-state index in [-0.39, 0.29) is 6.04 Å². The monoisotopic (exact) mass is 218 g/mol. The van der Waals surface area contributed by atoms with Crippen molar-refractivity contribution in [3.8, 4) is 0 Å². The van der Waals surface area contributed by atoms with E-state index < -0.39 is 0 Å². The van der Waals surface area contributed by atoms with Crippen molar-refractivity contribution < 1.29 is 0 Å². The summed E-state index contributed by atoms with van der Waals surface area (Å²) in [6.45, 7) is 11.5. The standard InChI is InChI=1S/C14H22N2/c1-5-6-16-14(9-15)13-8-11(3)10(2)7-12(13)4/h5,7-8,14,16H,1,6,9,15H2,2-4H3. The zero-order valence-corrected chi connectivity index (χ0v) is 10.5. The van der Waals surface area contributed by atoms with Crippen molar-refractivity contribution in [2.24, 2.45) is 5.73 Å². The van der Waals surface area contributed by atoms with Crippen LogP contribution in [0.4, 0.5) is 0 Å².